The van der Waals surface area contributed by atoms with Gasteiger partial charge in [0.05, 0.1) is 24.7 Å². The highest BCUT2D eigenvalue weighted by atomic mass is 19.1. The van der Waals surface area contributed by atoms with Gasteiger partial charge in [0, 0.05) is 54.9 Å². The van der Waals surface area contributed by atoms with Crippen LogP contribution in [0.5, 0.6) is 0 Å². The van der Waals surface area contributed by atoms with Gasteiger partial charge in [-0.1, -0.05) is 36.4 Å². The van der Waals surface area contributed by atoms with Crippen molar-refractivity contribution in [3.05, 3.63) is 71.9 Å². The molecule has 8 nitrogen and oxygen atoms in total. The van der Waals surface area contributed by atoms with Gasteiger partial charge in [-0.25, -0.2) is 4.39 Å². The van der Waals surface area contributed by atoms with Crippen LogP contribution in [0, 0.1) is 11.3 Å². The Morgan fingerprint density at radius 3 is 2.84 bits per heavy atom. The molecule has 0 saturated carbocycles. The lowest BCUT2D eigenvalue weighted by molar-refractivity contribution is -0.132. The van der Waals surface area contributed by atoms with Crippen molar-refractivity contribution in [2.45, 2.75) is 43.9 Å². The Labute approximate surface area is 222 Å². The first-order valence-electron chi connectivity index (χ1n) is 13.0. The van der Waals surface area contributed by atoms with E-state index in [4.69, 9.17) is 0 Å². The monoisotopic (exact) mass is 516 g/mol. The van der Waals surface area contributed by atoms with E-state index in [0.717, 1.165) is 40.7 Å². The van der Waals surface area contributed by atoms with Crippen molar-refractivity contribution in [3.8, 4) is 6.07 Å². The molecule has 0 bridgehead atoms. The fourth-order valence-corrected chi connectivity index (χ4v) is 5.50. The molecule has 4 atom stereocenters. The number of alkyl halides is 1. The highest BCUT2D eigenvalue weighted by Crippen LogP contribution is 2.31. The number of anilines is 1. The number of benzene rings is 2. The molecule has 2 fully saturated rings. The number of nitrogens with one attached hydrogen (secondary N) is 1. The number of aliphatic hydroxyl groups excluding tert-OH is 1. The minimum Gasteiger partial charge on any atom is -0.380 e. The van der Waals surface area contributed by atoms with Crippen LogP contribution < -0.4 is 5.32 Å². The van der Waals surface area contributed by atoms with Gasteiger partial charge in [-0.2, -0.15) is 5.26 Å². The summed E-state index contributed by atoms with van der Waals surface area (Å²) in [6.45, 7) is 2.20. The van der Waals surface area contributed by atoms with Gasteiger partial charge in [0.1, 0.15) is 18.4 Å². The molecule has 5 rings (SSSR count). The number of hydrogen-bond acceptors (Lipinski definition) is 7. The summed E-state index contributed by atoms with van der Waals surface area (Å²) in [5.41, 5.74) is 3.53. The van der Waals surface area contributed by atoms with Gasteiger partial charge < -0.3 is 15.3 Å². The van der Waals surface area contributed by atoms with Crippen LogP contribution in [0.4, 0.5) is 10.1 Å². The molecular formula is C29H33FN6O2. The number of hydrogen-bond donors (Lipinski definition) is 2. The minimum atomic E-state index is -1.13. The summed E-state index contributed by atoms with van der Waals surface area (Å²) in [6, 6.07) is 19.3. The van der Waals surface area contributed by atoms with Crippen molar-refractivity contribution in [1.29, 1.82) is 5.26 Å². The zero-order valence-electron chi connectivity index (χ0n) is 21.5. The summed E-state index contributed by atoms with van der Waals surface area (Å²) in [5, 5.41) is 24.9. The topological polar surface area (TPSA) is 95.7 Å². The molecule has 1 amide bonds. The van der Waals surface area contributed by atoms with E-state index < -0.39 is 18.4 Å². The molecule has 1 unspecified atom stereocenters. The van der Waals surface area contributed by atoms with Crippen LogP contribution in [0.15, 0.2) is 60.8 Å². The second kappa shape index (κ2) is 11.4. The van der Waals surface area contributed by atoms with Gasteiger partial charge in [0.25, 0.3) is 0 Å². The van der Waals surface area contributed by atoms with Crippen LogP contribution in [0.1, 0.15) is 30.2 Å². The van der Waals surface area contributed by atoms with E-state index >= 15 is 0 Å². The molecule has 2 N–H and O–H groups in total. The number of pyridine rings is 1. The third-order valence-electron chi connectivity index (χ3n) is 7.48. The number of fused-ring (bicyclic) bond motifs is 1. The lowest BCUT2D eigenvalue weighted by Gasteiger charge is -2.25. The summed E-state index contributed by atoms with van der Waals surface area (Å²) >= 11 is 0. The fraction of sp³-hybridized carbons (Fsp3) is 0.414. The third kappa shape index (κ3) is 5.63. The van der Waals surface area contributed by atoms with E-state index in [1.165, 1.54) is 4.90 Å². The molecule has 3 heterocycles. The van der Waals surface area contributed by atoms with E-state index in [1.54, 1.807) is 6.20 Å². The quantitative estimate of drug-likeness (QED) is 0.444. The zero-order valence-corrected chi connectivity index (χ0v) is 21.5. The first kappa shape index (κ1) is 26.0. The van der Waals surface area contributed by atoms with E-state index in [0.29, 0.717) is 13.1 Å². The van der Waals surface area contributed by atoms with E-state index in [-0.39, 0.29) is 31.5 Å². The molecule has 1 aromatic heterocycles. The normalized spacial score (nSPS) is 22.6. The highest BCUT2D eigenvalue weighted by Gasteiger charge is 2.36. The van der Waals surface area contributed by atoms with E-state index in [2.05, 4.69) is 15.2 Å². The van der Waals surface area contributed by atoms with Gasteiger partial charge in [0.15, 0.2) is 0 Å². The van der Waals surface area contributed by atoms with Crippen LogP contribution >= 0.6 is 0 Å². The van der Waals surface area contributed by atoms with Gasteiger partial charge in [-0.15, -0.1) is 0 Å². The van der Waals surface area contributed by atoms with Gasteiger partial charge in [0.2, 0.25) is 5.91 Å². The molecule has 3 aromatic rings. The smallest absolute Gasteiger partial charge is 0.237 e. The Bertz CT molecular complexity index is 1320. The first-order valence-corrected chi connectivity index (χ1v) is 13.0. The maximum atomic E-state index is 13.7. The second-order valence-electron chi connectivity index (χ2n) is 10.3. The van der Waals surface area contributed by atoms with E-state index in [9.17, 15) is 19.6 Å². The van der Waals surface area contributed by atoms with Crippen LogP contribution in [0.25, 0.3) is 10.9 Å². The maximum Gasteiger partial charge on any atom is 0.237 e. The van der Waals surface area contributed by atoms with Crippen LogP contribution in [0.3, 0.4) is 0 Å². The van der Waals surface area contributed by atoms with Gasteiger partial charge in [-0.05, 0) is 37.2 Å². The number of nitriles is 1. The average molecular weight is 517 g/mol. The Morgan fingerprint density at radius 2 is 2.05 bits per heavy atom. The standard InChI is InChI=1S/C29H33FN6O2/c1-34(16-20-6-3-2-4-7-20)29(38)25-9-10-26(24-8-5-12-32-28(24)25)33-22-11-13-35(18-22)19-27(37)36-17-21(30)14-23(36)15-31/h2-10,12,21-23,29,33,38H,11,13-14,16-19H2,1H3/t21-,22-,23-,29?/m0/s1. The Kier molecular flexibility index (Phi) is 7.84. The highest BCUT2D eigenvalue weighted by molar-refractivity contribution is 5.93. The summed E-state index contributed by atoms with van der Waals surface area (Å²) in [7, 11) is 1.89. The van der Waals surface area contributed by atoms with Crippen molar-refractivity contribution < 1.29 is 14.3 Å². The second-order valence-corrected chi connectivity index (χ2v) is 10.3. The SMILES string of the molecule is CN(Cc1ccccc1)C(O)c1ccc(N[C@H]2CCN(CC(=O)N3C[C@@H](F)C[C@H]3C#N)C2)c2cccnc12. The molecule has 2 aromatic carbocycles. The molecule has 38 heavy (non-hydrogen) atoms. The zero-order chi connectivity index (χ0) is 26.6. The third-order valence-corrected chi connectivity index (χ3v) is 7.48. The van der Waals surface area contributed by atoms with Crippen molar-refractivity contribution in [2.75, 3.05) is 38.5 Å². The Morgan fingerprint density at radius 1 is 1.24 bits per heavy atom. The number of halogens is 1. The van der Waals surface area contributed by atoms with Crippen LogP contribution in [0.2, 0.25) is 0 Å². The first-order chi connectivity index (χ1) is 18.4. The molecule has 0 aliphatic carbocycles. The molecule has 0 radical (unpaired) electrons. The van der Waals surface area contributed by atoms with Crippen molar-refractivity contribution in [3.63, 3.8) is 0 Å². The number of carbonyl (C=O) groups is 1. The van der Waals surface area contributed by atoms with Crippen LogP contribution in [-0.2, 0) is 11.3 Å². The number of nitrogens with zero attached hydrogens (tertiary/aromatic N) is 5. The average Bonchev–Trinajstić information content (AvgIpc) is 3.54. The number of likely N-dealkylation sites (tertiary alicyclic amines) is 2. The summed E-state index contributed by atoms with van der Waals surface area (Å²) in [5.74, 6) is -0.190. The molecule has 2 aliphatic rings. The molecule has 9 heteroatoms. The Hall–Kier alpha value is -3.58. The molecule has 2 aliphatic heterocycles. The Balaban J connectivity index is 1.25. The lowest BCUT2D eigenvalue weighted by atomic mass is 10.0. The summed E-state index contributed by atoms with van der Waals surface area (Å²) in [4.78, 5) is 22.7. The summed E-state index contributed by atoms with van der Waals surface area (Å²) in [6.07, 6.45) is 0.740. The number of aliphatic hydroxyl groups is 1. The fourth-order valence-electron chi connectivity index (χ4n) is 5.50. The van der Waals surface area contributed by atoms with Crippen LogP contribution in [-0.4, -0.2) is 82.2 Å². The van der Waals surface area contributed by atoms with E-state index in [1.807, 2.05) is 72.6 Å². The van der Waals surface area contributed by atoms with Crippen molar-refractivity contribution in [1.82, 2.24) is 19.7 Å². The minimum absolute atomic E-state index is 0.00427. The predicted octanol–water partition coefficient (Wildman–Crippen LogP) is 3.31. The number of carbonyl (C=O) groups excluding carboxylic acids is 1. The number of rotatable bonds is 8. The largest absolute Gasteiger partial charge is 0.380 e. The molecule has 0 spiro atoms. The molecule has 2 saturated heterocycles. The predicted molar refractivity (Wildman–Crippen MR) is 144 cm³/mol. The molecular weight excluding hydrogens is 483 g/mol. The summed E-state index contributed by atoms with van der Waals surface area (Å²) < 4.78 is 13.7. The maximum absolute atomic E-state index is 13.7. The van der Waals surface area contributed by atoms with Crippen molar-refractivity contribution in [2.24, 2.45) is 0 Å². The van der Waals surface area contributed by atoms with Gasteiger partial charge >= 0.3 is 0 Å². The number of aromatic nitrogens is 1. The van der Waals surface area contributed by atoms with Gasteiger partial charge in [-0.3, -0.25) is 19.6 Å². The number of amides is 1. The van der Waals surface area contributed by atoms with Crippen molar-refractivity contribution >= 4 is 22.5 Å². The lowest BCUT2D eigenvalue weighted by Crippen LogP contribution is -2.42. The molecule has 198 valence electrons.